The Labute approximate surface area is 157 Å². The van der Waals surface area contributed by atoms with Crippen LogP contribution in [-0.2, 0) is 11.3 Å². The van der Waals surface area contributed by atoms with Gasteiger partial charge in [0.1, 0.15) is 11.4 Å². The minimum Gasteiger partial charge on any atom is -0.497 e. The van der Waals surface area contributed by atoms with Crippen LogP contribution >= 0.6 is 0 Å². The average molecular weight is 361 g/mol. The van der Waals surface area contributed by atoms with Gasteiger partial charge in [0.2, 0.25) is 0 Å². The van der Waals surface area contributed by atoms with Gasteiger partial charge in [-0.05, 0) is 29.8 Å². The van der Waals surface area contributed by atoms with Crippen molar-refractivity contribution >= 4 is 5.69 Å². The van der Waals surface area contributed by atoms with Crippen molar-refractivity contribution in [3.8, 4) is 11.8 Å². The lowest BCUT2D eigenvalue weighted by atomic mass is 10.1. The fourth-order valence-corrected chi connectivity index (χ4v) is 3.20. The van der Waals surface area contributed by atoms with Gasteiger partial charge >= 0.3 is 0 Å². The first-order chi connectivity index (χ1) is 13.3. The Morgan fingerprint density at radius 1 is 1.26 bits per heavy atom. The summed E-state index contributed by atoms with van der Waals surface area (Å²) in [5.74, 6) is 0.805. The summed E-state index contributed by atoms with van der Waals surface area (Å²) in [6, 6.07) is 17.5. The van der Waals surface area contributed by atoms with Crippen LogP contribution < -0.4 is 9.64 Å². The third kappa shape index (κ3) is 3.61. The number of nitriles is 1. The Kier molecular flexibility index (Phi) is 4.73. The molecule has 27 heavy (non-hydrogen) atoms. The second-order valence-electron chi connectivity index (χ2n) is 6.27. The van der Waals surface area contributed by atoms with E-state index in [1.807, 2.05) is 48.7 Å². The van der Waals surface area contributed by atoms with Crippen LogP contribution in [0.3, 0.4) is 0 Å². The van der Waals surface area contributed by atoms with Crippen molar-refractivity contribution in [2.75, 3.05) is 25.2 Å². The van der Waals surface area contributed by atoms with E-state index in [0.29, 0.717) is 18.7 Å². The number of ether oxygens (including phenoxy) is 2. The maximum absolute atomic E-state index is 9.03. The van der Waals surface area contributed by atoms with E-state index in [1.165, 1.54) is 0 Å². The summed E-state index contributed by atoms with van der Waals surface area (Å²) in [4.78, 5) is 2.15. The fourth-order valence-electron chi connectivity index (χ4n) is 3.20. The van der Waals surface area contributed by atoms with Crippen molar-refractivity contribution in [1.29, 1.82) is 5.26 Å². The number of nitrogens with zero attached hydrogens (tertiary/aromatic N) is 5. The molecule has 3 aromatic rings. The molecule has 0 aliphatic carbocycles. The molecule has 1 unspecified atom stereocenters. The van der Waals surface area contributed by atoms with Crippen molar-refractivity contribution in [2.24, 2.45) is 0 Å². The SMILES string of the molecule is COc1cccc(N2CCOC2c2cn(Cc3cccc(C#N)c3)nn2)c1. The second kappa shape index (κ2) is 7.48. The third-order valence-electron chi connectivity index (χ3n) is 4.49. The molecular weight excluding hydrogens is 342 g/mol. The van der Waals surface area contributed by atoms with Gasteiger partial charge in [-0.2, -0.15) is 5.26 Å². The van der Waals surface area contributed by atoms with E-state index in [1.54, 1.807) is 17.9 Å². The van der Waals surface area contributed by atoms with Gasteiger partial charge in [-0.25, -0.2) is 4.68 Å². The van der Waals surface area contributed by atoms with Crippen LogP contribution in [0.5, 0.6) is 5.75 Å². The van der Waals surface area contributed by atoms with Crippen LogP contribution in [-0.4, -0.2) is 35.3 Å². The summed E-state index contributed by atoms with van der Waals surface area (Å²) >= 11 is 0. The molecule has 0 amide bonds. The van der Waals surface area contributed by atoms with Gasteiger partial charge in [0.25, 0.3) is 0 Å². The molecule has 2 heterocycles. The predicted molar refractivity (Wildman–Crippen MR) is 99.3 cm³/mol. The quantitative estimate of drug-likeness (QED) is 0.695. The number of hydrogen-bond donors (Lipinski definition) is 0. The van der Waals surface area contributed by atoms with Gasteiger partial charge in [-0.3, -0.25) is 0 Å². The van der Waals surface area contributed by atoms with Gasteiger partial charge in [0.05, 0.1) is 38.1 Å². The van der Waals surface area contributed by atoms with E-state index in [9.17, 15) is 0 Å². The Bertz CT molecular complexity index is 978. The van der Waals surface area contributed by atoms with Crippen molar-refractivity contribution < 1.29 is 9.47 Å². The molecule has 1 saturated heterocycles. The topological polar surface area (TPSA) is 76.2 Å². The largest absolute Gasteiger partial charge is 0.497 e. The van der Waals surface area contributed by atoms with Crippen LogP contribution in [0.4, 0.5) is 5.69 Å². The number of rotatable bonds is 5. The predicted octanol–water partition coefficient (Wildman–Crippen LogP) is 2.74. The van der Waals surface area contributed by atoms with Gasteiger partial charge in [0.15, 0.2) is 6.23 Å². The first kappa shape index (κ1) is 17.1. The molecule has 1 aromatic heterocycles. The van der Waals surface area contributed by atoms with E-state index in [4.69, 9.17) is 14.7 Å². The van der Waals surface area contributed by atoms with E-state index >= 15 is 0 Å². The zero-order chi connectivity index (χ0) is 18.6. The Morgan fingerprint density at radius 2 is 2.15 bits per heavy atom. The average Bonchev–Trinajstić information content (AvgIpc) is 3.37. The van der Waals surface area contributed by atoms with Crippen LogP contribution in [0.15, 0.2) is 54.7 Å². The summed E-state index contributed by atoms with van der Waals surface area (Å²) in [5.41, 5.74) is 3.42. The third-order valence-corrected chi connectivity index (χ3v) is 4.49. The van der Waals surface area contributed by atoms with Crippen molar-refractivity contribution in [1.82, 2.24) is 15.0 Å². The lowest BCUT2D eigenvalue weighted by Crippen LogP contribution is -2.23. The highest BCUT2D eigenvalue weighted by atomic mass is 16.5. The molecule has 0 bridgehead atoms. The minimum atomic E-state index is -0.281. The van der Waals surface area contributed by atoms with Gasteiger partial charge in [-0.1, -0.05) is 23.4 Å². The lowest BCUT2D eigenvalue weighted by Gasteiger charge is -2.23. The highest BCUT2D eigenvalue weighted by Gasteiger charge is 2.29. The van der Waals surface area contributed by atoms with E-state index in [0.717, 1.165) is 29.2 Å². The number of hydrogen-bond acceptors (Lipinski definition) is 6. The molecule has 1 fully saturated rings. The summed E-state index contributed by atoms with van der Waals surface area (Å²) in [6.07, 6.45) is 1.61. The van der Waals surface area contributed by atoms with Crippen molar-refractivity contribution in [2.45, 2.75) is 12.8 Å². The second-order valence-corrected chi connectivity index (χ2v) is 6.27. The molecule has 4 rings (SSSR count). The van der Waals surface area contributed by atoms with Crippen LogP contribution in [0, 0.1) is 11.3 Å². The minimum absolute atomic E-state index is 0.281. The summed E-state index contributed by atoms with van der Waals surface area (Å²) in [5, 5.41) is 17.6. The van der Waals surface area contributed by atoms with Gasteiger partial charge in [-0.15, -0.1) is 5.10 Å². The number of aromatic nitrogens is 3. The highest BCUT2D eigenvalue weighted by Crippen LogP contribution is 2.32. The molecule has 136 valence electrons. The maximum Gasteiger partial charge on any atom is 0.177 e. The molecule has 0 radical (unpaired) electrons. The molecule has 0 saturated carbocycles. The zero-order valence-corrected chi connectivity index (χ0v) is 14.9. The van der Waals surface area contributed by atoms with Crippen LogP contribution in [0.25, 0.3) is 0 Å². The van der Waals surface area contributed by atoms with Gasteiger partial charge < -0.3 is 14.4 Å². The smallest absolute Gasteiger partial charge is 0.177 e. The van der Waals surface area contributed by atoms with Crippen LogP contribution in [0.1, 0.15) is 23.0 Å². The Balaban J connectivity index is 1.54. The standard InChI is InChI=1S/C20H19N5O2/c1-26-18-7-3-6-17(11-18)25-8-9-27-20(25)19-14-24(23-22-19)13-16-5-2-4-15(10-16)12-21/h2-7,10-11,14,20H,8-9,13H2,1H3. The highest BCUT2D eigenvalue weighted by molar-refractivity contribution is 5.52. The normalized spacial score (nSPS) is 16.3. The van der Waals surface area contributed by atoms with E-state index in [2.05, 4.69) is 21.3 Å². The lowest BCUT2D eigenvalue weighted by molar-refractivity contribution is 0.110. The summed E-state index contributed by atoms with van der Waals surface area (Å²) < 4.78 is 13.0. The monoisotopic (exact) mass is 361 g/mol. The number of benzene rings is 2. The number of anilines is 1. The van der Waals surface area contributed by atoms with E-state index < -0.39 is 0 Å². The molecule has 7 nitrogen and oxygen atoms in total. The first-order valence-corrected chi connectivity index (χ1v) is 8.68. The molecular formula is C20H19N5O2. The van der Waals surface area contributed by atoms with Gasteiger partial charge in [0, 0.05) is 18.3 Å². The summed E-state index contributed by atoms with van der Waals surface area (Å²) in [6.45, 7) is 1.95. The fraction of sp³-hybridized carbons (Fsp3) is 0.250. The van der Waals surface area contributed by atoms with Crippen molar-refractivity contribution in [3.05, 3.63) is 71.5 Å². The molecule has 2 aromatic carbocycles. The molecule has 1 aliphatic heterocycles. The Hall–Kier alpha value is -3.37. The Morgan fingerprint density at radius 3 is 3.00 bits per heavy atom. The number of methoxy groups -OCH3 is 1. The maximum atomic E-state index is 9.03. The van der Waals surface area contributed by atoms with Crippen molar-refractivity contribution in [3.63, 3.8) is 0 Å². The van der Waals surface area contributed by atoms with Crippen LogP contribution in [0.2, 0.25) is 0 Å². The molecule has 0 spiro atoms. The first-order valence-electron chi connectivity index (χ1n) is 8.68. The molecule has 1 aliphatic rings. The van der Waals surface area contributed by atoms with E-state index in [-0.39, 0.29) is 6.23 Å². The summed E-state index contributed by atoms with van der Waals surface area (Å²) in [7, 11) is 1.66. The molecule has 7 heteroatoms. The zero-order valence-electron chi connectivity index (χ0n) is 14.9. The molecule has 1 atom stereocenters. The molecule has 0 N–H and O–H groups in total.